The number of amides is 1. The van der Waals surface area contributed by atoms with Gasteiger partial charge in [-0.25, -0.2) is 0 Å². The van der Waals surface area contributed by atoms with Crippen LogP contribution in [0.2, 0.25) is 0 Å². The van der Waals surface area contributed by atoms with Crippen molar-refractivity contribution in [2.45, 2.75) is 38.7 Å². The van der Waals surface area contributed by atoms with E-state index in [0.29, 0.717) is 17.8 Å². The van der Waals surface area contributed by atoms with Crippen LogP contribution in [0, 0.1) is 6.92 Å². The quantitative estimate of drug-likeness (QED) is 0.638. The first-order valence-corrected chi connectivity index (χ1v) is 9.10. The summed E-state index contributed by atoms with van der Waals surface area (Å²) in [5.74, 6) is -1.25. The molecule has 0 aliphatic carbocycles. The number of carbonyl (C=O) groups is 1. The molecule has 0 radical (unpaired) electrons. The third-order valence-corrected chi connectivity index (χ3v) is 4.62. The summed E-state index contributed by atoms with van der Waals surface area (Å²) in [4.78, 5) is 23.5. The highest BCUT2D eigenvalue weighted by molar-refractivity contribution is 7.07. The third-order valence-electron chi connectivity index (χ3n) is 3.73. The number of nitrogens with zero attached hydrogens (tertiary/aromatic N) is 1. The lowest BCUT2D eigenvalue weighted by Gasteiger charge is -2.16. The van der Waals surface area contributed by atoms with Crippen LogP contribution in [0.1, 0.15) is 24.1 Å². The summed E-state index contributed by atoms with van der Waals surface area (Å²) < 4.78 is 81.7. The summed E-state index contributed by atoms with van der Waals surface area (Å²) in [6.07, 6.45) is -9.40. The molecule has 5 nitrogen and oxygen atoms in total. The van der Waals surface area contributed by atoms with E-state index in [-0.39, 0.29) is 24.3 Å². The van der Waals surface area contributed by atoms with Gasteiger partial charge in [-0.2, -0.15) is 26.3 Å². The van der Waals surface area contributed by atoms with Gasteiger partial charge in [0.1, 0.15) is 5.75 Å². The SMILES string of the molecule is Cc1csc(=O)n1CCCC(=O)Nc1cc(C(F)(F)F)ccc1OCC(F)(F)F. The Bertz CT molecular complexity index is 917. The molecule has 0 unspecified atom stereocenters. The Kier molecular flexibility index (Phi) is 6.98. The number of aromatic nitrogens is 1. The molecule has 2 aromatic rings. The van der Waals surface area contributed by atoms with Gasteiger partial charge in [0.05, 0.1) is 11.3 Å². The van der Waals surface area contributed by atoms with Crippen LogP contribution >= 0.6 is 11.3 Å². The number of hydrogen-bond acceptors (Lipinski definition) is 4. The lowest BCUT2D eigenvalue weighted by molar-refractivity contribution is -0.153. The zero-order valence-corrected chi connectivity index (χ0v) is 15.8. The molecule has 0 saturated heterocycles. The molecule has 1 amide bonds. The minimum atomic E-state index is -4.75. The predicted molar refractivity (Wildman–Crippen MR) is 94.2 cm³/mol. The highest BCUT2D eigenvalue weighted by Gasteiger charge is 2.32. The highest BCUT2D eigenvalue weighted by Crippen LogP contribution is 2.35. The lowest BCUT2D eigenvalue weighted by Crippen LogP contribution is -2.21. The number of hydrogen-bond donors (Lipinski definition) is 1. The Morgan fingerprint density at radius 3 is 2.45 bits per heavy atom. The first-order chi connectivity index (χ1) is 13.4. The summed E-state index contributed by atoms with van der Waals surface area (Å²) >= 11 is 0.998. The van der Waals surface area contributed by atoms with E-state index < -0.39 is 41.9 Å². The van der Waals surface area contributed by atoms with Gasteiger partial charge >= 0.3 is 17.2 Å². The second-order valence-electron chi connectivity index (χ2n) is 6.06. The summed E-state index contributed by atoms with van der Waals surface area (Å²) in [5, 5.41) is 3.80. The predicted octanol–water partition coefficient (Wildman–Crippen LogP) is 4.60. The molecule has 0 aliphatic heterocycles. The number of thiazole rings is 1. The van der Waals surface area contributed by atoms with Crippen molar-refractivity contribution in [2.75, 3.05) is 11.9 Å². The summed E-state index contributed by atoms with van der Waals surface area (Å²) in [6, 6.07) is 1.79. The Hall–Kier alpha value is -2.50. The van der Waals surface area contributed by atoms with E-state index in [1.807, 2.05) is 0 Å². The van der Waals surface area contributed by atoms with Crippen LogP contribution < -0.4 is 14.9 Å². The van der Waals surface area contributed by atoms with Crippen molar-refractivity contribution in [1.82, 2.24) is 4.57 Å². The van der Waals surface area contributed by atoms with Crippen LogP contribution in [0.3, 0.4) is 0 Å². The number of alkyl halides is 6. The molecule has 1 heterocycles. The van der Waals surface area contributed by atoms with Crippen molar-refractivity contribution in [2.24, 2.45) is 0 Å². The molecular formula is C17H16F6N2O3S. The molecule has 0 atom stereocenters. The minimum Gasteiger partial charge on any atom is -0.482 e. The Labute approximate surface area is 164 Å². The van der Waals surface area contributed by atoms with E-state index >= 15 is 0 Å². The van der Waals surface area contributed by atoms with Gasteiger partial charge in [0.15, 0.2) is 6.61 Å². The first kappa shape index (κ1) is 22.8. The standard InChI is InChI=1S/C17H16F6N2O3S/c1-10-8-29-15(27)25(10)6-2-3-14(26)24-12-7-11(17(21,22)23)4-5-13(12)28-9-16(18,19)20/h4-5,7-8H,2-3,6,9H2,1H3,(H,24,26). The van der Waals surface area contributed by atoms with Crippen molar-refractivity contribution in [1.29, 1.82) is 0 Å². The first-order valence-electron chi connectivity index (χ1n) is 8.22. The molecule has 0 saturated carbocycles. The van der Waals surface area contributed by atoms with Crippen molar-refractivity contribution in [3.05, 3.63) is 44.5 Å². The number of aryl methyl sites for hydroxylation is 1. The van der Waals surface area contributed by atoms with Crippen molar-refractivity contribution in [3.8, 4) is 5.75 Å². The fourth-order valence-corrected chi connectivity index (χ4v) is 3.14. The van der Waals surface area contributed by atoms with Gasteiger partial charge < -0.3 is 14.6 Å². The van der Waals surface area contributed by atoms with Crippen LogP contribution in [0.15, 0.2) is 28.4 Å². The lowest BCUT2D eigenvalue weighted by atomic mass is 10.1. The van der Waals surface area contributed by atoms with Gasteiger partial charge in [0.25, 0.3) is 0 Å². The third kappa shape index (κ3) is 6.80. The number of carbonyl (C=O) groups excluding carboxylic acids is 1. The Balaban J connectivity index is 2.09. The fraction of sp³-hybridized carbons (Fsp3) is 0.412. The molecule has 0 bridgehead atoms. The van der Waals surface area contributed by atoms with E-state index in [1.54, 1.807) is 12.3 Å². The molecule has 0 fully saturated rings. The molecule has 29 heavy (non-hydrogen) atoms. The largest absolute Gasteiger partial charge is 0.482 e. The topological polar surface area (TPSA) is 60.3 Å². The van der Waals surface area contributed by atoms with E-state index in [1.165, 1.54) is 4.57 Å². The second kappa shape index (κ2) is 8.89. The molecule has 1 aromatic heterocycles. The molecule has 1 N–H and O–H groups in total. The van der Waals surface area contributed by atoms with Gasteiger partial charge in [-0.15, -0.1) is 0 Å². The van der Waals surface area contributed by atoms with E-state index in [0.717, 1.165) is 17.4 Å². The number of rotatable bonds is 7. The smallest absolute Gasteiger partial charge is 0.422 e. The Morgan fingerprint density at radius 1 is 1.21 bits per heavy atom. The molecular weight excluding hydrogens is 426 g/mol. The number of nitrogens with one attached hydrogen (secondary N) is 1. The Morgan fingerprint density at radius 2 is 1.90 bits per heavy atom. The van der Waals surface area contributed by atoms with Gasteiger partial charge in [-0.3, -0.25) is 9.59 Å². The molecule has 160 valence electrons. The molecule has 2 rings (SSSR count). The number of ether oxygens (including phenoxy) is 1. The van der Waals surface area contributed by atoms with Crippen LogP contribution in [0.4, 0.5) is 32.0 Å². The van der Waals surface area contributed by atoms with Crippen molar-refractivity contribution >= 4 is 22.9 Å². The molecule has 0 aliphatic rings. The van der Waals surface area contributed by atoms with Gasteiger partial charge in [0.2, 0.25) is 5.91 Å². The number of benzene rings is 1. The van der Waals surface area contributed by atoms with Crippen molar-refractivity contribution in [3.63, 3.8) is 0 Å². The summed E-state index contributed by atoms with van der Waals surface area (Å²) in [7, 11) is 0. The average Bonchev–Trinajstić information content (AvgIpc) is 2.91. The van der Waals surface area contributed by atoms with Crippen LogP contribution in [0.5, 0.6) is 5.75 Å². The number of anilines is 1. The van der Waals surface area contributed by atoms with Crippen molar-refractivity contribution < 1.29 is 35.9 Å². The normalized spacial score (nSPS) is 12.1. The van der Waals surface area contributed by atoms with Crippen LogP contribution in [-0.2, 0) is 17.5 Å². The maximum Gasteiger partial charge on any atom is 0.422 e. The average molecular weight is 442 g/mol. The van der Waals surface area contributed by atoms with Crippen LogP contribution in [-0.4, -0.2) is 23.3 Å². The van der Waals surface area contributed by atoms with Crippen LogP contribution in [0.25, 0.3) is 0 Å². The van der Waals surface area contributed by atoms with E-state index in [4.69, 9.17) is 0 Å². The summed E-state index contributed by atoms with van der Waals surface area (Å²) in [6.45, 7) is 0.216. The zero-order chi connectivity index (χ0) is 21.8. The number of halogens is 6. The van der Waals surface area contributed by atoms with Gasteiger partial charge in [-0.1, -0.05) is 11.3 Å². The molecule has 0 spiro atoms. The second-order valence-corrected chi connectivity index (χ2v) is 6.88. The fourth-order valence-electron chi connectivity index (χ4n) is 2.37. The van der Waals surface area contributed by atoms with E-state index in [2.05, 4.69) is 10.1 Å². The maximum atomic E-state index is 12.9. The zero-order valence-electron chi connectivity index (χ0n) is 15.0. The van der Waals surface area contributed by atoms with E-state index in [9.17, 15) is 35.9 Å². The maximum absolute atomic E-state index is 12.9. The van der Waals surface area contributed by atoms with Gasteiger partial charge in [0, 0.05) is 24.0 Å². The summed E-state index contributed by atoms with van der Waals surface area (Å²) in [5.41, 5.74) is -0.952. The molecule has 1 aromatic carbocycles. The van der Waals surface area contributed by atoms with Gasteiger partial charge in [-0.05, 0) is 31.5 Å². The highest BCUT2D eigenvalue weighted by atomic mass is 32.1. The monoisotopic (exact) mass is 442 g/mol. The minimum absolute atomic E-state index is 0.156. The molecule has 12 heteroatoms.